The van der Waals surface area contributed by atoms with Crippen LogP contribution in [0.5, 0.6) is 0 Å². The summed E-state index contributed by atoms with van der Waals surface area (Å²) in [7, 11) is 0. The summed E-state index contributed by atoms with van der Waals surface area (Å²) in [5, 5.41) is 8.59. The van der Waals surface area contributed by atoms with Gasteiger partial charge in [-0.15, -0.1) is 0 Å². The van der Waals surface area contributed by atoms with E-state index in [1.165, 1.54) is 0 Å². The van der Waals surface area contributed by atoms with Gasteiger partial charge in [0.1, 0.15) is 0 Å². The van der Waals surface area contributed by atoms with Gasteiger partial charge in [-0.1, -0.05) is 0 Å². The molecule has 1 fully saturated rings. The van der Waals surface area contributed by atoms with Crippen molar-refractivity contribution in [2.24, 2.45) is 0 Å². The van der Waals surface area contributed by atoms with E-state index in [4.69, 9.17) is 10.1 Å². The van der Waals surface area contributed by atoms with Crippen LogP contribution in [-0.4, -0.2) is 43.5 Å². The molecule has 0 unspecified atom stereocenters. The molecule has 4 aromatic heterocycles. The molecule has 0 spiro atoms. The lowest BCUT2D eigenvalue weighted by molar-refractivity contribution is 0.0711. The van der Waals surface area contributed by atoms with Crippen molar-refractivity contribution in [2.75, 3.05) is 13.1 Å². The number of rotatable bonds is 3. The predicted octanol–water partition coefficient (Wildman–Crippen LogP) is 3.87. The Balaban J connectivity index is 1.32. The Morgan fingerprint density at radius 3 is 2.61 bits per heavy atom. The van der Waals surface area contributed by atoms with E-state index in [1.54, 1.807) is 23.7 Å². The van der Waals surface area contributed by atoms with Crippen molar-refractivity contribution in [3.05, 3.63) is 71.1 Å². The summed E-state index contributed by atoms with van der Waals surface area (Å²) in [6.45, 7) is 1.49. The van der Waals surface area contributed by atoms with Gasteiger partial charge in [0.05, 0.1) is 5.56 Å². The number of amides is 1. The molecule has 5 heterocycles. The highest BCUT2D eigenvalue weighted by molar-refractivity contribution is 7.08. The largest absolute Gasteiger partial charge is 0.339 e. The summed E-state index contributed by atoms with van der Waals surface area (Å²) in [5.74, 6) is 1.29. The number of fused-ring (bicyclic) bond motifs is 1. The molecule has 140 valence electrons. The average molecular weight is 389 g/mol. The van der Waals surface area contributed by atoms with Gasteiger partial charge >= 0.3 is 0 Å². The van der Waals surface area contributed by atoms with Crippen LogP contribution in [0.15, 0.2) is 59.7 Å². The maximum absolute atomic E-state index is 12.5. The second kappa shape index (κ2) is 7.16. The molecule has 0 N–H and O–H groups in total. The van der Waals surface area contributed by atoms with Gasteiger partial charge < -0.3 is 4.90 Å². The summed E-state index contributed by atoms with van der Waals surface area (Å²) < 4.78 is 1.86. The third-order valence-corrected chi connectivity index (χ3v) is 5.96. The number of pyridine rings is 2. The van der Waals surface area contributed by atoms with Crippen LogP contribution in [0.25, 0.3) is 16.8 Å². The molecule has 0 atom stereocenters. The molecule has 0 aliphatic carbocycles. The van der Waals surface area contributed by atoms with Crippen LogP contribution in [0.3, 0.4) is 0 Å². The molecular weight excluding hydrogens is 370 g/mol. The molecular formula is C21H19N5OS. The fraction of sp³-hybridized carbons (Fsp3) is 0.238. The molecule has 0 saturated carbocycles. The molecule has 0 bridgehead atoms. The second-order valence-corrected chi connectivity index (χ2v) is 7.78. The third-order valence-electron chi connectivity index (χ3n) is 5.28. The fourth-order valence-corrected chi connectivity index (χ4v) is 4.33. The Morgan fingerprint density at radius 1 is 1.04 bits per heavy atom. The SMILES string of the molecule is O=C(c1ccsc1)N1CCC(c2nc3ccc(-c4ccncc4)cn3n2)CC1. The van der Waals surface area contributed by atoms with Crippen LogP contribution in [-0.2, 0) is 0 Å². The molecule has 5 rings (SSSR count). The summed E-state index contributed by atoms with van der Waals surface area (Å²) >= 11 is 1.56. The van der Waals surface area contributed by atoms with Crippen molar-refractivity contribution in [1.29, 1.82) is 0 Å². The lowest BCUT2D eigenvalue weighted by atomic mass is 9.96. The first-order valence-electron chi connectivity index (χ1n) is 9.36. The number of carbonyl (C=O) groups is 1. The van der Waals surface area contributed by atoms with Gasteiger partial charge in [-0.3, -0.25) is 9.78 Å². The van der Waals surface area contributed by atoms with E-state index in [0.29, 0.717) is 0 Å². The van der Waals surface area contributed by atoms with Gasteiger partial charge in [0.15, 0.2) is 11.5 Å². The molecule has 1 amide bonds. The molecule has 4 aromatic rings. The highest BCUT2D eigenvalue weighted by atomic mass is 32.1. The zero-order valence-corrected chi connectivity index (χ0v) is 16.0. The van der Waals surface area contributed by atoms with Crippen LogP contribution in [0, 0.1) is 0 Å². The Kier molecular flexibility index (Phi) is 4.37. The molecule has 7 heteroatoms. The smallest absolute Gasteiger partial charge is 0.254 e. The molecule has 6 nitrogen and oxygen atoms in total. The molecule has 1 aliphatic heterocycles. The number of piperidine rings is 1. The molecule has 1 saturated heterocycles. The van der Waals surface area contributed by atoms with Gasteiger partial charge in [0.2, 0.25) is 0 Å². The molecule has 0 aromatic carbocycles. The fourth-order valence-electron chi connectivity index (χ4n) is 3.70. The van der Waals surface area contributed by atoms with Crippen LogP contribution in [0.2, 0.25) is 0 Å². The normalized spacial score (nSPS) is 15.2. The number of hydrogen-bond donors (Lipinski definition) is 0. The van der Waals surface area contributed by atoms with E-state index in [0.717, 1.165) is 54.1 Å². The molecule has 0 radical (unpaired) electrons. The van der Waals surface area contributed by atoms with Gasteiger partial charge in [0.25, 0.3) is 5.91 Å². The highest BCUT2D eigenvalue weighted by Crippen LogP contribution is 2.28. The van der Waals surface area contributed by atoms with Crippen LogP contribution >= 0.6 is 11.3 Å². The number of hydrogen-bond acceptors (Lipinski definition) is 5. The van der Waals surface area contributed by atoms with Gasteiger partial charge in [-0.25, -0.2) is 9.50 Å². The van der Waals surface area contributed by atoms with Crippen LogP contribution < -0.4 is 0 Å². The van der Waals surface area contributed by atoms with Crippen LogP contribution in [0.1, 0.15) is 34.9 Å². The maximum atomic E-state index is 12.5. The first-order valence-corrected chi connectivity index (χ1v) is 10.3. The summed E-state index contributed by atoms with van der Waals surface area (Å²) in [6, 6.07) is 9.92. The minimum atomic E-state index is 0.129. The van der Waals surface area contributed by atoms with E-state index in [9.17, 15) is 4.79 Å². The number of carbonyl (C=O) groups excluding carboxylic acids is 1. The van der Waals surface area contributed by atoms with E-state index in [2.05, 4.69) is 11.1 Å². The number of aromatic nitrogens is 4. The molecule has 1 aliphatic rings. The van der Waals surface area contributed by atoms with Gasteiger partial charge in [-0.05, 0) is 54.1 Å². The average Bonchev–Trinajstić information content (AvgIpc) is 3.43. The van der Waals surface area contributed by atoms with E-state index < -0.39 is 0 Å². The zero-order chi connectivity index (χ0) is 18.9. The van der Waals surface area contributed by atoms with Gasteiger partial charge in [-0.2, -0.15) is 16.4 Å². The highest BCUT2D eigenvalue weighted by Gasteiger charge is 2.27. The van der Waals surface area contributed by atoms with Crippen molar-refractivity contribution in [1.82, 2.24) is 24.5 Å². The van der Waals surface area contributed by atoms with Gasteiger partial charge in [0, 0.05) is 48.5 Å². The molecule has 28 heavy (non-hydrogen) atoms. The quantitative estimate of drug-likeness (QED) is 0.534. The van der Waals surface area contributed by atoms with Crippen molar-refractivity contribution in [3.63, 3.8) is 0 Å². The first-order chi connectivity index (χ1) is 13.8. The Labute approximate surface area is 166 Å². The maximum Gasteiger partial charge on any atom is 0.254 e. The number of likely N-dealkylation sites (tertiary alicyclic amines) is 1. The number of thiophene rings is 1. The van der Waals surface area contributed by atoms with Crippen LogP contribution in [0.4, 0.5) is 0 Å². The zero-order valence-electron chi connectivity index (χ0n) is 15.2. The van der Waals surface area contributed by atoms with E-state index >= 15 is 0 Å². The first kappa shape index (κ1) is 17.1. The van der Waals surface area contributed by atoms with E-state index in [-0.39, 0.29) is 11.8 Å². The second-order valence-electron chi connectivity index (χ2n) is 7.00. The summed E-state index contributed by atoms with van der Waals surface area (Å²) in [5.41, 5.74) is 3.83. The Morgan fingerprint density at radius 2 is 1.86 bits per heavy atom. The van der Waals surface area contributed by atoms with Crippen molar-refractivity contribution >= 4 is 22.9 Å². The minimum Gasteiger partial charge on any atom is -0.339 e. The minimum absolute atomic E-state index is 0.129. The Bertz CT molecular complexity index is 1100. The topological polar surface area (TPSA) is 63.4 Å². The number of nitrogens with zero attached hydrogens (tertiary/aromatic N) is 5. The Hall–Kier alpha value is -3.06. The monoisotopic (exact) mass is 389 g/mol. The van der Waals surface area contributed by atoms with Crippen molar-refractivity contribution in [2.45, 2.75) is 18.8 Å². The predicted molar refractivity (Wildman–Crippen MR) is 108 cm³/mol. The van der Waals surface area contributed by atoms with E-state index in [1.807, 2.05) is 50.6 Å². The summed E-state index contributed by atoms with van der Waals surface area (Å²) in [6.07, 6.45) is 7.37. The third kappa shape index (κ3) is 3.18. The van der Waals surface area contributed by atoms with Crippen molar-refractivity contribution < 1.29 is 4.79 Å². The lowest BCUT2D eigenvalue weighted by Gasteiger charge is -2.30. The lowest BCUT2D eigenvalue weighted by Crippen LogP contribution is -2.37. The standard InChI is InChI=1S/C21H19N5OS/c27-21(18-7-12-28-14-18)25-10-5-16(6-11-25)20-23-19-2-1-17(13-26(19)24-20)15-3-8-22-9-4-15/h1-4,7-9,12-14,16H,5-6,10-11H2. The van der Waals surface area contributed by atoms with Crippen molar-refractivity contribution in [3.8, 4) is 11.1 Å². The summed E-state index contributed by atoms with van der Waals surface area (Å²) in [4.78, 5) is 23.2.